The highest BCUT2D eigenvalue weighted by Gasteiger charge is 2.08. The SMILES string of the molecule is CCOC(=O)c1ccc(NCCNC(=O)NC)c(N)c1. The summed E-state index contributed by atoms with van der Waals surface area (Å²) in [5.41, 5.74) is 7.43. The highest BCUT2D eigenvalue weighted by atomic mass is 16.5. The lowest BCUT2D eigenvalue weighted by Gasteiger charge is -2.11. The molecule has 0 aliphatic rings. The van der Waals surface area contributed by atoms with E-state index >= 15 is 0 Å². The van der Waals surface area contributed by atoms with Crippen LogP contribution in [0.15, 0.2) is 18.2 Å². The van der Waals surface area contributed by atoms with Crippen molar-refractivity contribution in [3.63, 3.8) is 0 Å². The van der Waals surface area contributed by atoms with Crippen molar-refractivity contribution in [3.05, 3.63) is 23.8 Å². The lowest BCUT2D eigenvalue weighted by Crippen LogP contribution is -2.35. The number of hydrogen-bond acceptors (Lipinski definition) is 5. The van der Waals surface area contributed by atoms with Gasteiger partial charge in [-0.15, -0.1) is 0 Å². The molecule has 7 nitrogen and oxygen atoms in total. The Bertz CT molecular complexity index is 477. The van der Waals surface area contributed by atoms with Gasteiger partial charge >= 0.3 is 12.0 Å². The molecular weight excluding hydrogens is 260 g/mol. The van der Waals surface area contributed by atoms with E-state index in [0.29, 0.717) is 36.6 Å². The molecular formula is C13H20N4O3. The number of ether oxygens (including phenoxy) is 1. The Morgan fingerprint density at radius 2 is 2.05 bits per heavy atom. The highest BCUT2D eigenvalue weighted by Crippen LogP contribution is 2.20. The van der Waals surface area contributed by atoms with Crippen LogP contribution in [0.2, 0.25) is 0 Å². The summed E-state index contributed by atoms with van der Waals surface area (Å²) in [5.74, 6) is -0.396. The first-order chi connectivity index (χ1) is 9.58. The van der Waals surface area contributed by atoms with Gasteiger partial charge in [0.1, 0.15) is 0 Å². The zero-order valence-electron chi connectivity index (χ0n) is 11.7. The van der Waals surface area contributed by atoms with Crippen LogP contribution in [0.4, 0.5) is 16.2 Å². The fourth-order valence-corrected chi connectivity index (χ4v) is 1.53. The second-order valence-electron chi connectivity index (χ2n) is 3.96. The van der Waals surface area contributed by atoms with Crippen molar-refractivity contribution in [3.8, 4) is 0 Å². The summed E-state index contributed by atoms with van der Waals surface area (Å²) in [4.78, 5) is 22.5. The Morgan fingerprint density at radius 1 is 1.30 bits per heavy atom. The zero-order chi connectivity index (χ0) is 15.0. The van der Waals surface area contributed by atoms with Crippen LogP contribution in [0, 0.1) is 0 Å². The lowest BCUT2D eigenvalue weighted by atomic mass is 10.1. The van der Waals surface area contributed by atoms with Gasteiger partial charge in [0.15, 0.2) is 0 Å². The van der Waals surface area contributed by atoms with Gasteiger partial charge in [0, 0.05) is 20.1 Å². The molecule has 0 bridgehead atoms. The van der Waals surface area contributed by atoms with E-state index in [1.165, 1.54) is 0 Å². The number of nitrogen functional groups attached to an aromatic ring is 1. The first-order valence-corrected chi connectivity index (χ1v) is 6.34. The maximum absolute atomic E-state index is 11.5. The number of nitrogens with two attached hydrogens (primary N) is 1. The van der Waals surface area contributed by atoms with Gasteiger partial charge < -0.3 is 26.4 Å². The van der Waals surface area contributed by atoms with E-state index in [0.717, 1.165) is 0 Å². The topological polar surface area (TPSA) is 105 Å². The van der Waals surface area contributed by atoms with Crippen molar-refractivity contribution in [2.24, 2.45) is 0 Å². The number of hydrogen-bond donors (Lipinski definition) is 4. The van der Waals surface area contributed by atoms with E-state index in [2.05, 4.69) is 16.0 Å². The molecule has 7 heteroatoms. The summed E-state index contributed by atoms with van der Waals surface area (Å²) in [7, 11) is 1.55. The summed E-state index contributed by atoms with van der Waals surface area (Å²) >= 11 is 0. The van der Waals surface area contributed by atoms with Gasteiger partial charge in [-0.05, 0) is 25.1 Å². The van der Waals surface area contributed by atoms with Crippen LogP contribution < -0.4 is 21.7 Å². The minimum absolute atomic E-state index is 0.238. The number of urea groups is 1. The number of carbonyl (C=O) groups excluding carboxylic acids is 2. The van der Waals surface area contributed by atoms with E-state index in [1.807, 2.05) is 0 Å². The first-order valence-electron chi connectivity index (χ1n) is 6.34. The average Bonchev–Trinajstić information content (AvgIpc) is 2.44. The third kappa shape index (κ3) is 4.68. The Hall–Kier alpha value is -2.44. The van der Waals surface area contributed by atoms with Crippen LogP contribution >= 0.6 is 0 Å². The summed E-state index contributed by atoms with van der Waals surface area (Å²) in [6.07, 6.45) is 0. The second-order valence-corrected chi connectivity index (χ2v) is 3.96. The fourth-order valence-electron chi connectivity index (χ4n) is 1.53. The van der Waals surface area contributed by atoms with Gasteiger partial charge in [0.05, 0.1) is 23.5 Å². The number of esters is 1. The van der Waals surface area contributed by atoms with Crippen LogP contribution in [0.25, 0.3) is 0 Å². The van der Waals surface area contributed by atoms with Crippen molar-refractivity contribution < 1.29 is 14.3 Å². The Kier molecular flexibility index (Phi) is 6.15. The van der Waals surface area contributed by atoms with Crippen molar-refractivity contribution in [2.75, 3.05) is 37.8 Å². The van der Waals surface area contributed by atoms with Gasteiger partial charge in [-0.3, -0.25) is 0 Å². The molecule has 1 rings (SSSR count). The Morgan fingerprint density at radius 3 is 2.65 bits per heavy atom. The molecule has 0 radical (unpaired) electrons. The number of benzene rings is 1. The first kappa shape index (κ1) is 15.6. The van der Waals surface area contributed by atoms with Gasteiger partial charge in [-0.1, -0.05) is 0 Å². The molecule has 110 valence electrons. The number of amides is 2. The standard InChI is InChI=1S/C13H20N4O3/c1-3-20-12(18)9-4-5-11(10(14)8-9)16-6-7-17-13(19)15-2/h4-5,8,16H,3,6-7,14H2,1-2H3,(H2,15,17,19). The van der Waals surface area contributed by atoms with Crippen LogP contribution in [-0.4, -0.2) is 38.7 Å². The number of rotatable bonds is 6. The van der Waals surface area contributed by atoms with Crippen molar-refractivity contribution in [1.29, 1.82) is 0 Å². The summed E-state index contributed by atoms with van der Waals surface area (Å²) in [6, 6.07) is 4.68. The summed E-state index contributed by atoms with van der Waals surface area (Å²) in [6.45, 7) is 3.05. The van der Waals surface area contributed by atoms with Crippen LogP contribution in [0.3, 0.4) is 0 Å². The summed E-state index contributed by atoms with van der Waals surface area (Å²) < 4.78 is 4.89. The maximum atomic E-state index is 11.5. The fraction of sp³-hybridized carbons (Fsp3) is 0.385. The van der Waals surface area contributed by atoms with Gasteiger partial charge in [0.25, 0.3) is 0 Å². The Labute approximate surface area is 117 Å². The minimum Gasteiger partial charge on any atom is -0.462 e. The van der Waals surface area contributed by atoms with E-state index in [4.69, 9.17) is 10.5 Å². The monoisotopic (exact) mass is 280 g/mol. The van der Waals surface area contributed by atoms with Crippen molar-refractivity contribution in [2.45, 2.75) is 6.92 Å². The van der Waals surface area contributed by atoms with E-state index in [9.17, 15) is 9.59 Å². The molecule has 0 aliphatic carbocycles. The normalized spacial score (nSPS) is 9.70. The molecule has 0 fully saturated rings. The third-order valence-corrected chi connectivity index (χ3v) is 2.52. The molecule has 0 saturated heterocycles. The quantitative estimate of drug-likeness (QED) is 0.350. The Balaban J connectivity index is 2.51. The minimum atomic E-state index is -0.396. The predicted molar refractivity (Wildman–Crippen MR) is 77.8 cm³/mol. The van der Waals surface area contributed by atoms with Crippen LogP contribution in [0.1, 0.15) is 17.3 Å². The molecule has 5 N–H and O–H groups in total. The second kappa shape index (κ2) is 7.88. The number of carbonyl (C=O) groups is 2. The van der Waals surface area contributed by atoms with Crippen LogP contribution in [0.5, 0.6) is 0 Å². The predicted octanol–water partition coefficient (Wildman–Crippen LogP) is 0.786. The third-order valence-electron chi connectivity index (χ3n) is 2.52. The smallest absolute Gasteiger partial charge is 0.338 e. The molecule has 0 saturated carbocycles. The molecule has 2 amide bonds. The molecule has 1 aromatic carbocycles. The van der Waals surface area contributed by atoms with Crippen LogP contribution in [-0.2, 0) is 4.74 Å². The largest absolute Gasteiger partial charge is 0.462 e. The molecule has 0 aromatic heterocycles. The lowest BCUT2D eigenvalue weighted by molar-refractivity contribution is 0.0526. The molecule has 20 heavy (non-hydrogen) atoms. The molecule has 0 heterocycles. The molecule has 0 unspecified atom stereocenters. The van der Waals surface area contributed by atoms with Gasteiger partial charge in [-0.25, -0.2) is 9.59 Å². The van der Waals surface area contributed by atoms with E-state index in [1.54, 1.807) is 32.2 Å². The van der Waals surface area contributed by atoms with E-state index in [-0.39, 0.29) is 6.03 Å². The zero-order valence-corrected chi connectivity index (χ0v) is 11.7. The number of nitrogens with one attached hydrogen (secondary N) is 3. The molecule has 0 spiro atoms. The van der Waals surface area contributed by atoms with Crippen molar-refractivity contribution in [1.82, 2.24) is 10.6 Å². The number of anilines is 2. The van der Waals surface area contributed by atoms with E-state index < -0.39 is 5.97 Å². The average molecular weight is 280 g/mol. The van der Waals surface area contributed by atoms with Crippen molar-refractivity contribution >= 4 is 23.4 Å². The van der Waals surface area contributed by atoms with Gasteiger partial charge in [0.2, 0.25) is 0 Å². The highest BCUT2D eigenvalue weighted by molar-refractivity contribution is 5.91. The maximum Gasteiger partial charge on any atom is 0.338 e. The summed E-state index contributed by atoms with van der Waals surface area (Å²) in [5, 5.41) is 8.16. The van der Waals surface area contributed by atoms with Gasteiger partial charge in [-0.2, -0.15) is 0 Å². The molecule has 0 aliphatic heterocycles. The molecule has 1 aromatic rings. The molecule has 0 atom stereocenters.